The molecule has 0 aromatic heterocycles. The van der Waals surface area contributed by atoms with Gasteiger partial charge in [-0.15, -0.1) is 5.10 Å². The molecule has 9 nitrogen and oxygen atoms in total. The van der Waals surface area contributed by atoms with Crippen molar-refractivity contribution in [2.24, 2.45) is 10.2 Å². The number of hydrogen-bond acceptors (Lipinski definition) is 8. The number of methoxy groups -OCH3 is 1. The van der Waals surface area contributed by atoms with Gasteiger partial charge in [0.1, 0.15) is 11.0 Å². The van der Waals surface area contributed by atoms with E-state index >= 15 is 0 Å². The first kappa shape index (κ1) is 24.8. The molecule has 3 N–H and O–H groups in total. The Bertz CT molecular complexity index is 1340. The fourth-order valence-electron chi connectivity index (χ4n) is 3.47. The molecule has 2 amide bonds. The van der Waals surface area contributed by atoms with Crippen LogP contribution in [0.25, 0.3) is 0 Å². The number of benzene rings is 3. The van der Waals surface area contributed by atoms with Gasteiger partial charge in [-0.1, -0.05) is 35.5 Å². The molecule has 1 saturated heterocycles. The van der Waals surface area contributed by atoms with E-state index in [2.05, 4.69) is 15.5 Å². The molecule has 1 atom stereocenters. The maximum atomic E-state index is 13.3. The SMILES string of the molecule is COc1cc(/C=N/N=C2/SC(CC(=O)Nc3ccc(C)cc3)C(=O)N2c2cccc(O)c2)ccc1O. The van der Waals surface area contributed by atoms with Crippen molar-refractivity contribution >= 4 is 46.3 Å². The van der Waals surface area contributed by atoms with Crippen LogP contribution in [-0.4, -0.2) is 45.8 Å². The number of ether oxygens (including phenoxy) is 1. The number of hydrogen-bond donors (Lipinski definition) is 3. The molecule has 1 unspecified atom stereocenters. The summed E-state index contributed by atoms with van der Waals surface area (Å²) >= 11 is 1.12. The summed E-state index contributed by atoms with van der Waals surface area (Å²) in [5.41, 5.74) is 2.76. The van der Waals surface area contributed by atoms with Crippen LogP contribution in [0, 0.1) is 6.92 Å². The largest absolute Gasteiger partial charge is 0.508 e. The van der Waals surface area contributed by atoms with Gasteiger partial charge in [0.05, 0.1) is 19.0 Å². The summed E-state index contributed by atoms with van der Waals surface area (Å²) in [5.74, 6) is -0.367. The van der Waals surface area contributed by atoms with Crippen molar-refractivity contribution in [3.8, 4) is 17.2 Å². The quantitative estimate of drug-likeness (QED) is 0.326. The van der Waals surface area contributed by atoms with Crippen molar-refractivity contribution in [2.45, 2.75) is 18.6 Å². The van der Waals surface area contributed by atoms with Gasteiger partial charge in [0, 0.05) is 18.2 Å². The molecule has 0 radical (unpaired) electrons. The Labute approximate surface area is 212 Å². The number of carbonyl (C=O) groups excluding carboxylic acids is 2. The third kappa shape index (κ3) is 5.84. The van der Waals surface area contributed by atoms with E-state index < -0.39 is 5.25 Å². The fraction of sp³-hybridized carbons (Fsp3) is 0.154. The van der Waals surface area contributed by atoms with Gasteiger partial charge in [-0.2, -0.15) is 5.10 Å². The van der Waals surface area contributed by atoms with Crippen LogP contribution in [0.1, 0.15) is 17.5 Å². The fourth-order valence-corrected chi connectivity index (χ4v) is 4.56. The van der Waals surface area contributed by atoms with Crippen LogP contribution in [0.15, 0.2) is 76.9 Å². The van der Waals surface area contributed by atoms with Crippen molar-refractivity contribution in [1.82, 2.24) is 0 Å². The molecule has 4 rings (SSSR count). The molecule has 10 heteroatoms. The minimum atomic E-state index is -0.722. The maximum absolute atomic E-state index is 13.3. The number of amidine groups is 1. The molecule has 0 bridgehead atoms. The standard InChI is InChI=1S/C26H24N4O5S/c1-16-6-9-18(10-7-16)28-24(33)14-23-25(34)30(19-4-3-5-20(31)13-19)26(36-23)29-27-15-17-8-11-21(32)22(12-17)35-2/h3-13,15,23,31-32H,14H2,1-2H3,(H,28,33)/b27-15+,29-26+. The molecule has 0 spiro atoms. The first-order chi connectivity index (χ1) is 17.3. The Morgan fingerprint density at radius 1 is 1.14 bits per heavy atom. The molecular weight excluding hydrogens is 480 g/mol. The normalized spacial score (nSPS) is 16.6. The summed E-state index contributed by atoms with van der Waals surface area (Å²) in [6.45, 7) is 1.96. The van der Waals surface area contributed by atoms with Crippen LogP contribution in [0.5, 0.6) is 17.2 Å². The summed E-state index contributed by atoms with van der Waals surface area (Å²) in [4.78, 5) is 27.3. The molecule has 3 aromatic rings. The van der Waals surface area contributed by atoms with Crippen LogP contribution >= 0.6 is 11.8 Å². The molecule has 3 aromatic carbocycles. The number of aromatic hydroxyl groups is 2. The van der Waals surface area contributed by atoms with E-state index in [1.54, 1.807) is 36.4 Å². The molecule has 1 aliphatic heterocycles. The van der Waals surface area contributed by atoms with E-state index in [-0.39, 0.29) is 40.7 Å². The average Bonchev–Trinajstić information content (AvgIpc) is 3.16. The molecular formula is C26H24N4O5S. The van der Waals surface area contributed by atoms with Gasteiger partial charge in [0.15, 0.2) is 16.7 Å². The van der Waals surface area contributed by atoms with Crippen molar-refractivity contribution in [3.05, 3.63) is 77.9 Å². The van der Waals surface area contributed by atoms with E-state index in [9.17, 15) is 19.8 Å². The van der Waals surface area contributed by atoms with Crippen LogP contribution in [0.3, 0.4) is 0 Å². The van der Waals surface area contributed by atoms with Gasteiger partial charge in [-0.3, -0.25) is 14.5 Å². The summed E-state index contributed by atoms with van der Waals surface area (Å²) < 4.78 is 5.10. The third-order valence-electron chi connectivity index (χ3n) is 5.28. The number of phenolic OH excluding ortho intramolecular Hbond substituents is 2. The monoisotopic (exact) mass is 504 g/mol. The lowest BCUT2D eigenvalue weighted by molar-refractivity contribution is -0.121. The lowest BCUT2D eigenvalue weighted by Crippen LogP contribution is -2.33. The Balaban J connectivity index is 1.56. The van der Waals surface area contributed by atoms with Gasteiger partial charge < -0.3 is 20.3 Å². The summed E-state index contributed by atoms with van der Waals surface area (Å²) in [6, 6.07) is 18.3. The second-order valence-electron chi connectivity index (χ2n) is 7.98. The van der Waals surface area contributed by atoms with Gasteiger partial charge in [-0.25, -0.2) is 0 Å². The number of thioether (sulfide) groups is 1. The molecule has 0 aliphatic carbocycles. The van der Waals surface area contributed by atoms with Crippen molar-refractivity contribution in [1.29, 1.82) is 0 Å². The zero-order valence-electron chi connectivity index (χ0n) is 19.6. The molecule has 1 aliphatic rings. The predicted molar refractivity (Wildman–Crippen MR) is 141 cm³/mol. The highest BCUT2D eigenvalue weighted by Gasteiger charge is 2.40. The summed E-state index contributed by atoms with van der Waals surface area (Å²) in [7, 11) is 1.44. The average molecular weight is 505 g/mol. The van der Waals surface area contributed by atoms with Crippen LogP contribution in [-0.2, 0) is 9.59 Å². The molecule has 1 heterocycles. The number of carbonyl (C=O) groups is 2. The highest BCUT2D eigenvalue weighted by molar-refractivity contribution is 8.16. The van der Waals surface area contributed by atoms with Gasteiger partial charge in [0.25, 0.3) is 0 Å². The predicted octanol–water partition coefficient (Wildman–Crippen LogP) is 4.28. The number of nitrogens with one attached hydrogen (secondary N) is 1. The first-order valence-corrected chi connectivity index (χ1v) is 11.9. The van der Waals surface area contributed by atoms with E-state index in [1.807, 2.05) is 19.1 Å². The minimum Gasteiger partial charge on any atom is -0.508 e. The zero-order chi connectivity index (χ0) is 25.7. The van der Waals surface area contributed by atoms with Gasteiger partial charge in [-0.05, 0) is 55.0 Å². The number of rotatable bonds is 7. The summed E-state index contributed by atoms with van der Waals surface area (Å²) in [6.07, 6.45) is 1.39. The number of amides is 2. The van der Waals surface area contributed by atoms with E-state index in [0.29, 0.717) is 16.9 Å². The maximum Gasteiger partial charge on any atom is 0.247 e. The van der Waals surface area contributed by atoms with E-state index in [4.69, 9.17) is 4.74 Å². The van der Waals surface area contributed by atoms with Crippen LogP contribution in [0.4, 0.5) is 11.4 Å². The first-order valence-electron chi connectivity index (χ1n) is 11.0. The lowest BCUT2D eigenvalue weighted by atomic mass is 10.2. The Morgan fingerprint density at radius 2 is 1.92 bits per heavy atom. The topological polar surface area (TPSA) is 124 Å². The molecule has 1 fully saturated rings. The Hall–Kier alpha value is -4.31. The highest BCUT2D eigenvalue weighted by Crippen LogP contribution is 2.35. The highest BCUT2D eigenvalue weighted by atomic mass is 32.2. The zero-order valence-corrected chi connectivity index (χ0v) is 20.4. The minimum absolute atomic E-state index is 0.000255. The second kappa shape index (κ2) is 11.0. The van der Waals surface area contributed by atoms with Crippen molar-refractivity contribution in [2.75, 3.05) is 17.3 Å². The number of anilines is 2. The van der Waals surface area contributed by atoms with E-state index in [0.717, 1.165) is 17.3 Å². The molecule has 184 valence electrons. The van der Waals surface area contributed by atoms with Gasteiger partial charge >= 0.3 is 0 Å². The van der Waals surface area contributed by atoms with Gasteiger partial charge in [0.2, 0.25) is 11.8 Å². The number of aryl methyl sites for hydroxylation is 1. The molecule has 0 saturated carbocycles. The van der Waals surface area contributed by atoms with Crippen LogP contribution < -0.4 is 15.0 Å². The number of nitrogens with zero attached hydrogens (tertiary/aromatic N) is 3. The van der Waals surface area contributed by atoms with Crippen molar-refractivity contribution in [3.63, 3.8) is 0 Å². The lowest BCUT2D eigenvalue weighted by Gasteiger charge is -2.16. The second-order valence-corrected chi connectivity index (χ2v) is 9.15. The molecule has 36 heavy (non-hydrogen) atoms. The number of phenols is 2. The smallest absolute Gasteiger partial charge is 0.247 e. The van der Waals surface area contributed by atoms with Crippen LogP contribution in [0.2, 0.25) is 0 Å². The third-order valence-corrected chi connectivity index (χ3v) is 6.41. The van der Waals surface area contributed by atoms with E-state index in [1.165, 1.54) is 36.4 Å². The van der Waals surface area contributed by atoms with Crippen molar-refractivity contribution < 1.29 is 24.5 Å². The summed E-state index contributed by atoms with van der Waals surface area (Å²) in [5, 5.41) is 30.4. The Kier molecular flexibility index (Phi) is 7.55. The Morgan fingerprint density at radius 3 is 2.64 bits per heavy atom.